The van der Waals surface area contributed by atoms with Crippen molar-refractivity contribution in [1.29, 1.82) is 0 Å². The molecule has 174 valence electrons. The Labute approximate surface area is 197 Å². The number of ether oxygens (including phenoxy) is 1. The van der Waals surface area contributed by atoms with Crippen LogP contribution in [0.1, 0.15) is 11.1 Å². The van der Waals surface area contributed by atoms with Crippen LogP contribution in [0.15, 0.2) is 84.0 Å². The maximum Gasteiger partial charge on any atom is 0.416 e. The van der Waals surface area contributed by atoms with Gasteiger partial charge in [0.25, 0.3) is 0 Å². The molecule has 4 aromatic rings. The summed E-state index contributed by atoms with van der Waals surface area (Å²) in [5, 5.41) is 18.6. The van der Waals surface area contributed by atoms with Gasteiger partial charge in [-0.2, -0.15) is 13.2 Å². The molecule has 0 atom stereocenters. The highest BCUT2D eigenvalue weighted by molar-refractivity contribution is 7.99. The molecular weight excluding hydrogens is 467 g/mol. The van der Waals surface area contributed by atoms with E-state index in [0.717, 1.165) is 29.5 Å². The van der Waals surface area contributed by atoms with Crippen LogP contribution < -0.4 is 0 Å². The smallest absolute Gasteiger partial charge is 0.416 e. The van der Waals surface area contributed by atoms with Crippen molar-refractivity contribution >= 4 is 17.7 Å². The number of phenols is 1. The number of hydrogen-bond acceptors (Lipinski definition) is 6. The lowest BCUT2D eigenvalue weighted by atomic mass is 10.1. The molecule has 0 fully saturated rings. The highest BCUT2D eigenvalue weighted by Gasteiger charge is 2.31. The molecule has 0 unspecified atom stereocenters. The van der Waals surface area contributed by atoms with Crippen molar-refractivity contribution < 1.29 is 27.8 Å². The summed E-state index contributed by atoms with van der Waals surface area (Å²) in [4.78, 5) is 12.3. The van der Waals surface area contributed by atoms with Gasteiger partial charge in [-0.1, -0.05) is 60.3 Å². The van der Waals surface area contributed by atoms with E-state index in [9.17, 15) is 23.1 Å². The Morgan fingerprint density at radius 2 is 1.71 bits per heavy atom. The second-order valence-corrected chi connectivity index (χ2v) is 8.08. The summed E-state index contributed by atoms with van der Waals surface area (Å²) in [6.45, 7) is 0.101. The van der Waals surface area contributed by atoms with Crippen LogP contribution in [-0.2, 0) is 22.3 Å². The first-order chi connectivity index (χ1) is 16.3. The Hall–Kier alpha value is -3.79. The van der Waals surface area contributed by atoms with E-state index in [1.165, 1.54) is 22.8 Å². The fourth-order valence-corrected chi connectivity index (χ4v) is 3.91. The van der Waals surface area contributed by atoms with Gasteiger partial charge in [-0.3, -0.25) is 9.36 Å². The highest BCUT2D eigenvalue weighted by atomic mass is 32.2. The van der Waals surface area contributed by atoms with Crippen LogP contribution in [0.2, 0.25) is 0 Å². The van der Waals surface area contributed by atoms with Crippen LogP contribution in [0.4, 0.5) is 13.2 Å². The molecule has 1 N–H and O–H groups in total. The Kier molecular flexibility index (Phi) is 6.87. The van der Waals surface area contributed by atoms with Crippen LogP contribution in [0.25, 0.3) is 17.1 Å². The minimum absolute atomic E-state index is 0.101. The maximum absolute atomic E-state index is 13.3. The molecule has 6 nitrogen and oxygen atoms in total. The number of alkyl halides is 3. The van der Waals surface area contributed by atoms with Crippen molar-refractivity contribution in [3.05, 3.63) is 90.0 Å². The van der Waals surface area contributed by atoms with Crippen molar-refractivity contribution in [2.24, 2.45) is 0 Å². The predicted octanol–water partition coefficient (Wildman–Crippen LogP) is 5.49. The number of thioether (sulfide) groups is 1. The standard InChI is InChI=1S/C24H18F3N3O3S/c25-24(26,27)17-9-6-10-18(13-17)30-22(19-11-4-5-12-20(19)31)28-29-23(30)34-15-21(32)33-14-16-7-2-1-3-8-16/h1-13,31H,14-15H2. The van der Waals surface area contributed by atoms with E-state index in [4.69, 9.17) is 4.74 Å². The van der Waals surface area contributed by atoms with Gasteiger partial charge in [0.05, 0.1) is 22.6 Å². The third kappa shape index (κ3) is 5.40. The summed E-state index contributed by atoms with van der Waals surface area (Å²) in [5.74, 6) is -0.624. The third-order valence-electron chi connectivity index (χ3n) is 4.77. The van der Waals surface area contributed by atoms with Crippen molar-refractivity contribution in [2.75, 3.05) is 5.75 Å². The van der Waals surface area contributed by atoms with Gasteiger partial charge in [0, 0.05) is 0 Å². The van der Waals surface area contributed by atoms with Gasteiger partial charge in [0.15, 0.2) is 11.0 Å². The number of aromatic nitrogens is 3. The number of aromatic hydroxyl groups is 1. The predicted molar refractivity (Wildman–Crippen MR) is 120 cm³/mol. The molecule has 0 spiro atoms. The van der Waals surface area contributed by atoms with Crippen molar-refractivity contribution in [2.45, 2.75) is 17.9 Å². The molecule has 0 saturated carbocycles. The van der Waals surface area contributed by atoms with Crippen LogP contribution in [0.5, 0.6) is 5.75 Å². The SMILES string of the molecule is O=C(CSc1nnc(-c2ccccc2O)n1-c1cccc(C(F)(F)F)c1)OCc1ccccc1. The lowest BCUT2D eigenvalue weighted by molar-refractivity contribution is -0.141. The van der Waals surface area contributed by atoms with E-state index in [1.807, 2.05) is 30.3 Å². The van der Waals surface area contributed by atoms with E-state index < -0.39 is 17.7 Å². The Morgan fingerprint density at radius 1 is 0.971 bits per heavy atom. The summed E-state index contributed by atoms with van der Waals surface area (Å²) < 4.78 is 46.6. The number of carbonyl (C=O) groups excluding carboxylic acids is 1. The van der Waals surface area contributed by atoms with E-state index in [1.54, 1.807) is 18.2 Å². The van der Waals surface area contributed by atoms with Crippen LogP contribution >= 0.6 is 11.8 Å². The summed E-state index contributed by atoms with van der Waals surface area (Å²) in [5.41, 5.74) is 0.402. The molecule has 3 aromatic carbocycles. The minimum Gasteiger partial charge on any atom is -0.507 e. The third-order valence-corrected chi connectivity index (χ3v) is 5.67. The van der Waals surface area contributed by atoms with Gasteiger partial charge < -0.3 is 9.84 Å². The lowest BCUT2D eigenvalue weighted by Gasteiger charge is -2.13. The first kappa shape index (κ1) is 23.4. The zero-order valence-corrected chi connectivity index (χ0v) is 18.4. The summed E-state index contributed by atoms with van der Waals surface area (Å²) in [6.07, 6.45) is -4.55. The number of para-hydroxylation sites is 1. The molecule has 1 heterocycles. The minimum atomic E-state index is -4.55. The topological polar surface area (TPSA) is 77.2 Å². The molecule has 0 amide bonds. The zero-order valence-electron chi connectivity index (χ0n) is 17.6. The van der Waals surface area contributed by atoms with Crippen LogP contribution in [0.3, 0.4) is 0 Å². The summed E-state index contributed by atoms with van der Waals surface area (Å²) in [7, 11) is 0. The number of esters is 1. The zero-order chi connectivity index (χ0) is 24.1. The molecule has 0 aliphatic carbocycles. The number of halogens is 3. The highest BCUT2D eigenvalue weighted by Crippen LogP contribution is 2.35. The number of hydrogen-bond donors (Lipinski definition) is 1. The normalized spacial score (nSPS) is 11.4. The number of carbonyl (C=O) groups is 1. The number of rotatable bonds is 7. The fraction of sp³-hybridized carbons (Fsp3) is 0.125. The molecule has 0 bridgehead atoms. The molecule has 0 saturated heterocycles. The maximum atomic E-state index is 13.3. The largest absolute Gasteiger partial charge is 0.507 e. The number of nitrogens with zero attached hydrogens (tertiary/aromatic N) is 3. The van der Waals surface area contributed by atoms with Gasteiger partial charge >= 0.3 is 12.1 Å². The van der Waals surface area contributed by atoms with E-state index in [-0.39, 0.29) is 40.3 Å². The Balaban J connectivity index is 1.63. The van der Waals surface area contributed by atoms with Crippen molar-refractivity contribution in [3.63, 3.8) is 0 Å². The monoisotopic (exact) mass is 485 g/mol. The molecule has 0 aliphatic heterocycles. The summed E-state index contributed by atoms with van der Waals surface area (Å²) in [6, 6.07) is 20.1. The Bertz CT molecular complexity index is 1290. The van der Waals surface area contributed by atoms with Crippen molar-refractivity contribution in [1.82, 2.24) is 14.8 Å². The van der Waals surface area contributed by atoms with E-state index in [2.05, 4.69) is 10.2 Å². The second kappa shape index (κ2) is 10.0. The second-order valence-electron chi connectivity index (χ2n) is 7.14. The Morgan fingerprint density at radius 3 is 2.44 bits per heavy atom. The quantitative estimate of drug-likeness (QED) is 0.275. The van der Waals surface area contributed by atoms with Gasteiger partial charge in [0.1, 0.15) is 12.4 Å². The van der Waals surface area contributed by atoms with Gasteiger partial charge in [-0.05, 0) is 35.9 Å². The fourth-order valence-electron chi connectivity index (χ4n) is 3.16. The van der Waals surface area contributed by atoms with Gasteiger partial charge in [0.2, 0.25) is 0 Å². The lowest BCUT2D eigenvalue weighted by Crippen LogP contribution is -2.09. The van der Waals surface area contributed by atoms with E-state index in [0.29, 0.717) is 0 Å². The molecule has 0 radical (unpaired) electrons. The van der Waals surface area contributed by atoms with Crippen molar-refractivity contribution in [3.8, 4) is 22.8 Å². The average molecular weight is 485 g/mol. The number of phenolic OH excluding ortho intramolecular Hbond substituents is 1. The molecule has 34 heavy (non-hydrogen) atoms. The van der Waals surface area contributed by atoms with Crippen LogP contribution in [-0.4, -0.2) is 31.6 Å². The molecule has 10 heteroatoms. The first-order valence-electron chi connectivity index (χ1n) is 10.1. The molecule has 0 aliphatic rings. The summed E-state index contributed by atoms with van der Waals surface area (Å²) >= 11 is 0.972. The van der Waals surface area contributed by atoms with E-state index >= 15 is 0 Å². The molecule has 1 aromatic heterocycles. The molecule has 4 rings (SSSR count). The average Bonchev–Trinajstić information content (AvgIpc) is 3.25. The first-order valence-corrected chi connectivity index (χ1v) is 11.1. The van der Waals surface area contributed by atoms with Gasteiger partial charge in [-0.15, -0.1) is 10.2 Å². The molecular formula is C24H18F3N3O3S. The number of benzene rings is 3. The van der Waals surface area contributed by atoms with Crippen LogP contribution in [0, 0.1) is 0 Å². The van der Waals surface area contributed by atoms with Gasteiger partial charge in [-0.25, -0.2) is 0 Å².